The second kappa shape index (κ2) is 10.7. The normalized spacial score (nSPS) is 13.9. The van der Waals surface area contributed by atoms with Gasteiger partial charge in [0.15, 0.2) is 5.78 Å². The molecule has 0 aliphatic rings. The summed E-state index contributed by atoms with van der Waals surface area (Å²) in [5.41, 5.74) is 3.10. The fraction of sp³-hybridized carbons (Fsp3) is 0.273. The largest absolute Gasteiger partial charge is 0.374 e. The second-order valence-electron chi connectivity index (χ2n) is 10.7. The first-order valence-electron chi connectivity index (χ1n) is 12.5. The monoisotopic (exact) mass is 525 g/mol. The number of hydrogen-bond donors (Lipinski definition) is 1. The van der Waals surface area contributed by atoms with Crippen LogP contribution in [0.3, 0.4) is 0 Å². The van der Waals surface area contributed by atoms with E-state index in [0.29, 0.717) is 10.6 Å². The third kappa shape index (κ3) is 6.14. The molecule has 2 atom stereocenters. The molecule has 1 aromatic heterocycles. The lowest BCUT2D eigenvalue weighted by molar-refractivity contribution is -0.138. The van der Waals surface area contributed by atoms with Gasteiger partial charge in [-0.2, -0.15) is 0 Å². The van der Waals surface area contributed by atoms with Crippen molar-refractivity contribution >= 4 is 28.2 Å². The molecule has 4 aromatic rings. The number of ether oxygens (including phenoxy) is 1. The molecular formula is C33H32ClNO3. The van der Waals surface area contributed by atoms with Crippen LogP contribution in [0.25, 0.3) is 21.9 Å². The number of ketones is 1. The second-order valence-corrected chi connectivity index (χ2v) is 11.1. The number of nitrogens with zero attached hydrogens (tertiary/aromatic N) is 1. The third-order valence-corrected chi connectivity index (χ3v) is 6.55. The molecule has 0 radical (unpaired) electrons. The molecule has 0 aliphatic heterocycles. The lowest BCUT2D eigenvalue weighted by Gasteiger charge is -2.29. The summed E-state index contributed by atoms with van der Waals surface area (Å²) in [6.07, 6.45) is 2.53. The number of carbonyl (C=O) groups excluding carboxylic acids is 1. The molecule has 0 saturated heterocycles. The number of fused-ring (bicyclic) bond motifs is 1. The van der Waals surface area contributed by atoms with E-state index in [0.717, 1.165) is 38.6 Å². The van der Waals surface area contributed by atoms with Crippen LogP contribution in [0.4, 0.5) is 0 Å². The van der Waals surface area contributed by atoms with Crippen molar-refractivity contribution in [2.24, 2.45) is 0 Å². The Morgan fingerprint density at radius 2 is 1.76 bits per heavy atom. The zero-order valence-corrected chi connectivity index (χ0v) is 23.4. The van der Waals surface area contributed by atoms with Crippen LogP contribution in [0, 0.1) is 18.8 Å². The summed E-state index contributed by atoms with van der Waals surface area (Å²) < 4.78 is 6.33. The summed E-state index contributed by atoms with van der Waals surface area (Å²) in [5, 5.41) is 13.5. The first-order valence-corrected chi connectivity index (χ1v) is 12.9. The molecule has 1 heterocycles. The van der Waals surface area contributed by atoms with E-state index in [9.17, 15) is 9.90 Å². The molecule has 2 unspecified atom stereocenters. The first kappa shape index (κ1) is 27.5. The molecule has 1 N–H and O–H groups in total. The van der Waals surface area contributed by atoms with Crippen LogP contribution in [-0.4, -0.2) is 21.5 Å². The number of aliphatic hydroxyl groups is 1. The maximum atomic E-state index is 13.0. The van der Waals surface area contributed by atoms with E-state index in [1.54, 1.807) is 38.4 Å². The van der Waals surface area contributed by atoms with Crippen molar-refractivity contribution in [3.63, 3.8) is 0 Å². The predicted molar refractivity (Wildman–Crippen MR) is 154 cm³/mol. The van der Waals surface area contributed by atoms with E-state index in [-0.39, 0.29) is 5.78 Å². The van der Waals surface area contributed by atoms with Gasteiger partial charge in [-0.1, -0.05) is 53.8 Å². The minimum atomic E-state index is -1.36. The Bertz CT molecular complexity index is 1540. The lowest BCUT2D eigenvalue weighted by atomic mass is 9.85. The van der Waals surface area contributed by atoms with Gasteiger partial charge in [-0.3, -0.25) is 9.78 Å². The zero-order valence-electron chi connectivity index (χ0n) is 22.6. The van der Waals surface area contributed by atoms with Crippen molar-refractivity contribution in [3.05, 3.63) is 100 Å². The van der Waals surface area contributed by atoms with Crippen molar-refractivity contribution in [2.75, 3.05) is 0 Å². The number of pyridine rings is 1. The standard InChI is InChI=1S/C33H32ClNO3/c1-21-18-25-10-9-23(15-16-33(6,37)26-8-7-17-35-20-26)19-28(25)30(24-11-13-27(34)14-12-24)29(21)31(22(2)36)38-32(3,4)5/h7-14,17-20,31,37H,1-6H3. The van der Waals surface area contributed by atoms with Crippen molar-refractivity contribution in [1.82, 2.24) is 4.98 Å². The Balaban J connectivity index is 1.96. The molecule has 0 amide bonds. The average molecular weight is 526 g/mol. The van der Waals surface area contributed by atoms with Gasteiger partial charge in [0.2, 0.25) is 0 Å². The number of hydrogen-bond acceptors (Lipinski definition) is 4. The summed E-state index contributed by atoms with van der Waals surface area (Å²) in [4.78, 5) is 17.1. The van der Waals surface area contributed by atoms with E-state index in [2.05, 4.69) is 22.9 Å². The van der Waals surface area contributed by atoms with Crippen LogP contribution in [0.5, 0.6) is 0 Å². The van der Waals surface area contributed by atoms with Gasteiger partial charge in [0.1, 0.15) is 11.7 Å². The van der Waals surface area contributed by atoms with E-state index < -0.39 is 17.3 Å². The Labute approximate surface area is 229 Å². The molecule has 0 aliphatic carbocycles. The van der Waals surface area contributed by atoms with Gasteiger partial charge < -0.3 is 9.84 Å². The molecule has 3 aromatic carbocycles. The van der Waals surface area contributed by atoms with Gasteiger partial charge in [-0.25, -0.2) is 0 Å². The van der Waals surface area contributed by atoms with Crippen molar-refractivity contribution < 1.29 is 14.6 Å². The predicted octanol–water partition coefficient (Wildman–Crippen LogP) is 7.57. The molecule has 5 heteroatoms. The smallest absolute Gasteiger partial charge is 0.163 e. The number of aromatic nitrogens is 1. The molecule has 0 saturated carbocycles. The summed E-state index contributed by atoms with van der Waals surface area (Å²) in [7, 11) is 0. The number of rotatable bonds is 5. The molecule has 4 nitrogen and oxygen atoms in total. The minimum absolute atomic E-state index is 0.0685. The van der Waals surface area contributed by atoms with Crippen LogP contribution >= 0.6 is 11.6 Å². The number of Topliss-reactive ketones (excluding diaryl/α,β-unsaturated/α-hetero) is 1. The Morgan fingerprint density at radius 3 is 2.37 bits per heavy atom. The van der Waals surface area contributed by atoms with E-state index >= 15 is 0 Å². The SMILES string of the molecule is CC(=O)C(OC(C)(C)C)c1c(C)cc2ccc(C#CC(C)(O)c3cccnc3)cc2c1-c1ccc(Cl)cc1. The van der Waals surface area contributed by atoms with E-state index in [1.165, 1.54) is 0 Å². The fourth-order valence-electron chi connectivity index (χ4n) is 4.51. The number of carbonyl (C=O) groups is 1. The van der Waals surface area contributed by atoms with Gasteiger partial charge in [-0.15, -0.1) is 0 Å². The summed E-state index contributed by atoms with van der Waals surface area (Å²) in [5.74, 6) is 6.06. The first-order chi connectivity index (χ1) is 17.9. The molecule has 0 bridgehead atoms. The van der Waals surface area contributed by atoms with Crippen LogP contribution in [-0.2, 0) is 15.1 Å². The van der Waals surface area contributed by atoms with Gasteiger partial charge in [0, 0.05) is 28.5 Å². The molecule has 4 rings (SSSR count). The van der Waals surface area contributed by atoms with Crippen molar-refractivity contribution in [2.45, 2.75) is 58.8 Å². The van der Waals surface area contributed by atoms with Gasteiger partial charge in [0.05, 0.1) is 5.60 Å². The molecular weight excluding hydrogens is 494 g/mol. The third-order valence-electron chi connectivity index (χ3n) is 6.30. The van der Waals surface area contributed by atoms with Crippen LogP contribution in [0.15, 0.2) is 73.1 Å². The van der Waals surface area contributed by atoms with E-state index in [1.807, 2.05) is 70.2 Å². The number of benzene rings is 3. The topological polar surface area (TPSA) is 59.4 Å². The highest BCUT2D eigenvalue weighted by molar-refractivity contribution is 6.30. The summed E-state index contributed by atoms with van der Waals surface area (Å²) in [6, 6.07) is 19.2. The Hall–Kier alpha value is -3.49. The molecule has 194 valence electrons. The molecule has 38 heavy (non-hydrogen) atoms. The average Bonchev–Trinajstić information content (AvgIpc) is 2.86. The lowest BCUT2D eigenvalue weighted by Crippen LogP contribution is -2.27. The number of halogens is 1. The number of aryl methyl sites for hydroxylation is 1. The summed E-state index contributed by atoms with van der Waals surface area (Å²) in [6.45, 7) is 11.1. The van der Waals surface area contributed by atoms with Crippen molar-refractivity contribution in [3.8, 4) is 23.0 Å². The quantitative estimate of drug-likeness (QED) is 0.273. The fourth-order valence-corrected chi connectivity index (χ4v) is 4.64. The highest BCUT2D eigenvalue weighted by atomic mass is 35.5. The molecule has 0 fully saturated rings. The highest BCUT2D eigenvalue weighted by Gasteiger charge is 2.29. The van der Waals surface area contributed by atoms with Crippen LogP contribution in [0.1, 0.15) is 63.0 Å². The van der Waals surface area contributed by atoms with Crippen LogP contribution < -0.4 is 0 Å². The van der Waals surface area contributed by atoms with Gasteiger partial charge >= 0.3 is 0 Å². The Kier molecular flexibility index (Phi) is 7.76. The van der Waals surface area contributed by atoms with Crippen LogP contribution in [0.2, 0.25) is 5.02 Å². The van der Waals surface area contributed by atoms with Crippen molar-refractivity contribution in [1.29, 1.82) is 0 Å². The van der Waals surface area contributed by atoms with Gasteiger partial charge in [0.25, 0.3) is 0 Å². The maximum absolute atomic E-state index is 13.0. The Morgan fingerprint density at radius 1 is 1.05 bits per heavy atom. The van der Waals surface area contributed by atoms with E-state index in [4.69, 9.17) is 16.3 Å². The minimum Gasteiger partial charge on any atom is -0.374 e. The zero-order chi connectivity index (χ0) is 27.7. The highest BCUT2D eigenvalue weighted by Crippen LogP contribution is 2.41. The van der Waals surface area contributed by atoms with Gasteiger partial charge in [-0.05, 0) is 105 Å². The maximum Gasteiger partial charge on any atom is 0.163 e. The summed E-state index contributed by atoms with van der Waals surface area (Å²) >= 11 is 6.22. The molecule has 0 spiro atoms.